The van der Waals surface area contributed by atoms with Crippen molar-refractivity contribution < 1.29 is 19.2 Å². The molecular formula is C25H28N4O5S. The van der Waals surface area contributed by atoms with Crippen molar-refractivity contribution >= 4 is 44.0 Å². The van der Waals surface area contributed by atoms with Crippen molar-refractivity contribution in [3.8, 4) is 0 Å². The third-order valence-electron chi connectivity index (χ3n) is 6.53. The van der Waals surface area contributed by atoms with Crippen LogP contribution in [-0.2, 0) is 15.9 Å². The summed E-state index contributed by atoms with van der Waals surface area (Å²) in [4.78, 5) is 33.7. The van der Waals surface area contributed by atoms with Crippen LogP contribution in [0.4, 0.5) is 16.5 Å². The predicted molar refractivity (Wildman–Crippen MR) is 136 cm³/mol. The molecule has 3 heterocycles. The van der Waals surface area contributed by atoms with Crippen molar-refractivity contribution in [3.05, 3.63) is 57.6 Å². The average Bonchev–Trinajstić information content (AvgIpc) is 3.56. The molecule has 0 radical (unpaired) electrons. The second-order valence-corrected chi connectivity index (χ2v) is 9.73. The van der Waals surface area contributed by atoms with Crippen LogP contribution in [0.2, 0.25) is 0 Å². The van der Waals surface area contributed by atoms with E-state index < -0.39 is 4.92 Å². The highest BCUT2D eigenvalue weighted by Gasteiger charge is 2.30. The van der Waals surface area contributed by atoms with Crippen LogP contribution in [0.25, 0.3) is 10.2 Å². The first kappa shape index (κ1) is 23.7. The van der Waals surface area contributed by atoms with Crippen LogP contribution in [0.15, 0.2) is 36.4 Å². The molecule has 1 amide bonds. The summed E-state index contributed by atoms with van der Waals surface area (Å²) in [5, 5.41) is 12.5. The molecule has 0 saturated carbocycles. The van der Waals surface area contributed by atoms with Crippen LogP contribution in [0.5, 0.6) is 0 Å². The number of aryl methyl sites for hydroxylation is 1. The topological polar surface area (TPSA) is 98.0 Å². The number of benzene rings is 2. The van der Waals surface area contributed by atoms with Crippen LogP contribution < -0.4 is 9.80 Å². The van der Waals surface area contributed by atoms with E-state index in [1.807, 2.05) is 23.1 Å². The van der Waals surface area contributed by atoms with Gasteiger partial charge in [0, 0.05) is 31.3 Å². The van der Waals surface area contributed by atoms with Gasteiger partial charge in [-0.3, -0.25) is 19.8 Å². The number of amides is 1. The van der Waals surface area contributed by atoms with Crippen molar-refractivity contribution in [2.75, 3.05) is 49.3 Å². The Kier molecular flexibility index (Phi) is 6.94. The molecule has 5 rings (SSSR count). The van der Waals surface area contributed by atoms with E-state index in [-0.39, 0.29) is 23.3 Å². The maximum absolute atomic E-state index is 13.8. The van der Waals surface area contributed by atoms with E-state index in [0.717, 1.165) is 35.0 Å². The first-order valence-electron chi connectivity index (χ1n) is 12.0. The quantitative estimate of drug-likeness (QED) is 0.353. The molecule has 2 aliphatic heterocycles. The number of aromatic nitrogens is 1. The van der Waals surface area contributed by atoms with Crippen LogP contribution in [0.3, 0.4) is 0 Å². The fourth-order valence-corrected chi connectivity index (χ4v) is 5.69. The molecule has 2 fully saturated rings. The van der Waals surface area contributed by atoms with E-state index in [0.29, 0.717) is 50.3 Å². The molecule has 0 N–H and O–H groups in total. The number of rotatable bonds is 7. The number of anilines is 2. The standard InChI is InChI=1S/C25H28N4O5S/c1-2-17-5-3-7-22-23(17)26-25(35-22)28(16-19-6-4-12-34-19)24(30)18-8-9-20(21(15-18)29(31)32)27-10-13-33-14-11-27/h3,5,7-9,15,19H,2,4,6,10-14,16H2,1H3. The van der Waals surface area contributed by atoms with E-state index in [1.54, 1.807) is 17.0 Å². The highest BCUT2D eigenvalue weighted by atomic mass is 32.1. The van der Waals surface area contributed by atoms with Gasteiger partial charge >= 0.3 is 0 Å². The summed E-state index contributed by atoms with van der Waals surface area (Å²) < 4.78 is 12.2. The number of ether oxygens (including phenoxy) is 2. The molecule has 0 spiro atoms. The van der Waals surface area contributed by atoms with Crippen molar-refractivity contribution in [3.63, 3.8) is 0 Å². The Bertz CT molecular complexity index is 1230. The molecule has 1 atom stereocenters. The fraction of sp³-hybridized carbons (Fsp3) is 0.440. The lowest BCUT2D eigenvalue weighted by atomic mass is 10.1. The largest absolute Gasteiger partial charge is 0.378 e. The molecule has 3 aromatic rings. The Morgan fingerprint density at radius 2 is 2.09 bits per heavy atom. The lowest BCUT2D eigenvalue weighted by Crippen LogP contribution is -2.38. The maximum atomic E-state index is 13.8. The zero-order chi connectivity index (χ0) is 24.4. The molecule has 1 unspecified atom stereocenters. The zero-order valence-corrected chi connectivity index (χ0v) is 20.5. The number of nitrogens with zero attached hydrogens (tertiary/aromatic N) is 4. The summed E-state index contributed by atoms with van der Waals surface area (Å²) in [6.07, 6.45) is 2.58. The van der Waals surface area contributed by atoms with Gasteiger partial charge in [0.2, 0.25) is 0 Å². The lowest BCUT2D eigenvalue weighted by Gasteiger charge is -2.28. The number of carbonyl (C=O) groups is 1. The molecule has 2 saturated heterocycles. The lowest BCUT2D eigenvalue weighted by molar-refractivity contribution is -0.384. The molecule has 2 aromatic carbocycles. The summed E-state index contributed by atoms with van der Waals surface area (Å²) in [6.45, 7) is 5.30. The highest BCUT2D eigenvalue weighted by molar-refractivity contribution is 7.22. The zero-order valence-electron chi connectivity index (χ0n) is 19.6. The number of para-hydroxylation sites is 1. The van der Waals surface area contributed by atoms with Crippen LogP contribution in [-0.4, -0.2) is 61.4 Å². The summed E-state index contributed by atoms with van der Waals surface area (Å²) in [6, 6.07) is 10.8. The van der Waals surface area contributed by atoms with Gasteiger partial charge in [0.25, 0.3) is 11.6 Å². The number of nitro benzene ring substituents is 1. The molecule has 184 valence electrons. The summed E-state index contributed by atoms with van der Waals surface area (Å²) in [7, 11) is 0. The maximum Gasteiger partial charge on any atom is 0.293 e. The van der Waals surface area contributed by atoms with E-state index >= 15 is 0 Å². The molecular weight excluding hydrogens is 468 g/mol. The van der Waals surface area contributed by atoms with Crippen molar-refractivity contribution in [1.29, 1.82) is 0 Å². The third kappa shape index (κ3) is 4.86. The Balaban J connectivity index is 1.52. The van der Waals surface area contributed by atoms with Crippen LogP contribution in [0, 0.1) is 10.1 Å². The number of nitro groups is 1. The van der Waals surface area contributed by atoms with Crippen molar-refractivity contribution in [2.45, 2.75) is 32.3 Å². The van der Waals surface area contributed by atoms with Gasteiger partial charge in [-0.05, 0) is 43.0 Å². The number of fused-ring (bicyclic) bond motifs is 1. The summed E-state index contributed by atoms with van der Waals surface area (Å²) >= 11 is 1.46. The van der Waals surface area contributed by atoms with Crippen molar-refractivity contribution in [1.82, 2.24) is 4.98 Å². The van der Waals surface area contributed by atoms with Crippen LogP contribution in [0.1, 0.15) is 35.7 Å². The Morgan fingerprint density at radius 1 is 1.26 bits per heavy atom. The molecule has 1 aromatic heterocycles. The molecule has 35 heavy (non-hydrogen) atoms. The van der Waals surface area contributed by atoms with Gasteiger partial charge in [0.1, 0.15) is 5.69 Å². The van der Waals surface area contributed by atoms with Gasteiger partial charge in [0.15, 0.2) is 5.13 Å². The van der Waals surface area contributed by atoms with Gasteiger partial charge in [-0.1, -0.05) is 30.4 Å². The first-order valence-corrected chi connectivity index (χ1v) is 12.8. The Hall–Kier alpha value is -3.08. The molecule has 0 aliphatic carbocycles. The number of morpholine rings is 1. The van der Waals surface area contributed by atoms with E-state index in [2.05, 4.69) is 6.92 Å². The van der Waals surface area contributed by atoms with Gasteiger partial charge in [0.05, 0.1) is 41.0 Å². The fourth-order valence-electron chi connectivity index (χ4n) is 4.66. The van der Waals surface area contributed by atoms with E-state index in [4.69, 9.17) is 14.5 Å². The minimum atomic E-state index is -0.419. The minimum Gasteiger partial charge on any atom is -0.378 e. The SMILES string of the molecule is CCc1cccc2sc(N(CC3CCCO3)C(=O)c3ccc(N4CCOCC4)c([N+](=O)[O-])c3)nc12. The Morgan fingerprint density at radius 3 is 2.80 bits per heavy atom. The summed E-state index contributed by atoms with van der Waals surface area (Å²) in [5.41, 5.74) is 2.72. The predicted octanol–water partition coefficient (Wildman–Crippen LogP) is 4.43. The van der Waals surface area contributed by atoms with E-state index in [1.165, 1.54) is 17.4 Å². The van der Waals surface area contributed by atoms with Crippen LogP contribution >= 0.6 is 11.3 Å². The number of thiazole rings is 1. The third-order valence-corrected chi connectivity index (χ3v) is 7.57. The first-order chi connectivity index (χ1) is 17.0. The number of hydrogen-bond acceptors (Lipinski definition) is 8. The minimum absolute atomic E-state index is 0.0765. The second kappa shape index (κ2) is 10.3. The normalized spacial score (nSPS) is 18.2. The van der Waals surface area contributed by atoms with E-state index in [9.17, 15) is 14.9 Å². The van der Waals surface area contributed by atoms with Gasteiger partial charge in [-0.15, -0.1) is 0 Å². The van der Waals surface area contributed by atoms with Gasteiger partial charge < -0.3 is 14.4 Å². The molecule has 0 bridgehead atoms. The van der Waals surface area contributed by atoms with Gasteiger partial charge in [-0.2, -0.15) is 0 Å². The molecule has 2 aliphatic rings. The van der Waals surface area contributed by atoms with Crippen molar-refractivity contribution in [2.24, 2.45) is 0 Å². The highest BCUT2D eigenvalue weighted by Crippen LogP contribution is 2.35. The molecule has 10 heteroatoms. The number of carbonyl (C=O) groups excluding carboxylic acids is 1. The summed E-state index contributed by atoms with van der Waals surface area (Å²) in [5.74, 6) is -0.311. The monoisotopic (exact) mass is 496 g/mol. The second-order valence-electron chi connectivity index (χ2n) is 8.72. The average molecular weight is 497 g/mol. The number of hydrogen-bond donors (Lipinski definition) is 0. The molecule has 9 nitrogen and oxygen atoms in total. The smallest absolute Gasteiger partial charge is 0.293 e. The van der Waals surface area contributed by atoms with Gasteiger partial charge in [-0.25, -0.2) is 4.98 Å². The Labute approximate surface area is 207 Å².